The Balaban J connectivity index is 0.000000280. The smallest absolute Gasteiger partial charge is 0.129 e. The summed E-state index contributed by atoms with van der Waals surface area (Å²) in [5.74, 6) is 11.9. The molecule has 1 aromatic rings. The number of fused-ring (bicyclic) bond motifs is 3. The summed E-state index contributed by atoms with van der Waals surface area (Å²) in [5, 5.41) is 3.40. The van der Waals surface area contributed by atoms with Crippen molar-refractivity contribution >= 4 is 42.7 Å². The summed E-state index contributed by atoms with van der Waals surface area (Å²) in [4.78, 5) is 0. The van der Waals surface area contributed by atoms with Gasteiger partial charge in [-0.05, 0) is 22.3 Å². The van der Waals surface area contributed by atoms with E-state index in [-0.39, 0.29) is 0 Å². The molecule has 0 amide bonds. The van der Waals surface area contributed by atoms with E-state index in [0.717, 1.165) is 26.4 Å². The summed E-state index contributed by atoms with van der Waals surface area (Å²) in [5.41, 5.74) is 12.5. The molecular formula is C32H52O4Si4. The number of rotatable bonds is 6. The minimum absolute atomic E-state index is 0.407. The van der Waals surface area contributed by atoms with Crippen molar-refractivity contribution in [2.75, 3.05) is 26.4 Å². The van der Waals surface area contributed by atoms with Gasteiger partial charge in [0.25, 0.3) is 0 Å². The maximum absolute atomic E-state index is 5.83. The molecule has 0 aliphatic carbocycles. The third-order valence-electron chi connectivity index (χ3n) is 6.18. The highest BCUT2D eigenvalue weighted by molar-refractivity contribution is 6.99. The normalized spacial score (nSPS) is 14.4. The van der Waals surface area contributed by atoms with E-state index < -0.39 is 32.3 Å². The molecule has 4 nitrogen and oxygen atoms in total. The average Bonchev–Trinajstić information content (AvgIpc) is 3.45. The quantitative estimate of drug-likeness (QED) is 0.237. The van der Waals surface area contributed by atoms with E-state index in [2.05, 4.69) is 113 Å². The summed E-state index contributed by atoms with van der Waals surface area (Å²) in [6.07, 6.45) is 0. The summed E-state index contributed by atoms with van der Waals surface area (Å²) in [6, 6.07) is 0. The van der Waals surface area contributed by atoms with E-state index in [1.54, 1.807) is 10.4 Å². The third-order valence-corrected chi connectivity index (χ3v) is 12.4. The zero-order chi connectivity index (χ0) is 30.2. The van der Waals surface area contributed by atoms with Gasteiger partial charge in [-0.2, -0.15) is 0 Å². The Hall–Kier alpha value is -1.39. The van der Waals surface area contributed by atoms with Gasteiger partial charge >= 0.3 is 0 Å². The summed E-state index contributed by atoms with van der Waals surface area (Å²) < 4.78 is 22.2. The minimum Gasteiger partial charge on any atom is -0.372 e. The predicted molar refractivity (Wildman–Crippen MR) is 181 cm³/mol. The zero-order valence-electron chi connectivity index (χ0n) is 27.3. The van der Waals surface area contributed by atoms with Crippen LogP contribution in [-0.2, 0) is 45.4 Å². The van der Waals surface area contributed by atoms with Gasteiger partial charge in [-0.3, -0.25) is 0 Å². The van der Waals surface area contributed by atoms with Crippen LogP contribution in [0.4, 0.5) is 0 Å². The van der Waals surface area contributed by atoms with Crippen molar-refractivity contribution in [1.82, 2.24) is 0 Å². The zero-order valence-corrected chi connectivity index (χ0v) is 31.3. The molecule has 0 radical (unpaired) electrons. The average molecular weight is 613 g/mol. The van der Waals surface area contributed by atoms with E-state index in [1.165, 1.54) is 22.3 Å². The molecule has 0 unspecified atom stereocenters. The van der Waals surface area contributed by atoms with E-state index in [0.29, 0.717) is 26.4 Å². The summed E-state index contributed by atoms with van der Waals surface area (Å²) in [6.45, 7) is 33.1. The molecule has 0 spiro atoms. The molecule has 0 aromatic heterocycles. The van der Waals surface area contributed by atoms with Crippen molar-refractivity contribution in [2.24, 2.45) is 0 Å². The summed E-state index contributed by atoms with van der Waals surface area (Å²) in [7, 11) is -5.32. The van der Waals surface area contributed by atoms with Gasteiger partial charge in [0.1, 0.15) is 42.6 Å². The molecule has 0 bridgehead atoms. The fraction of sp³-hybridized carbons (Fsp3) is 0.625. The molecule has 0 saturated heterocycles. The highest BCUT2D eigenvalue weighted by atomic mass is 28.3. The standard InChI is InChI=1S/2C16H26O2Si2/c1-19(2,3)15-13-9-17-7-11(13)12-8-18-10-14(12)16(15)20(4,5)6;1-19(2,3)15-9-13-17-11-7-8-12-18-14-10-16-20(4,5)6/h7-10H2,1-6H3;11-14H2,1-6H3. The second-order valence-corrected chi connectivity index (χ2v) is 34.1. The highest BCUT2D eigenvalue weighted by Crippen LogP contribution is 2.32. The molecule has 8 heteroatoms. The highest BCUT2D eigenvalue weighted by Gasteiger charge is 2.38. The fourth-order valence-electron chi connectivity index (χ4n) is 4.81. The maximum Gasteiger partial charge on any atom is 0.129 e. The minimum atomic E-state index is -1.39. The van der Waals surface area contributed by atoms with Gasteiger partial charge in [-0.25, -0.2) is 0 Å². The number of benzene rings is 1. The molecular weight excluding hydrogens is 561 g/mol. The van der Waals surface area contributed by atoms with Crippen molar-refractivity contribution in [3.05, 3.63) is 22.3 Å². The van der Waals surface area contributed by atoms with Gasteiger partial charge in [-0.1, -0.05) is 113 Å². The Labute approximate surface area is 249 Å². The first-order chi connectivity index (χ1) is 18.4. The van der Waals surface area contributed by atoms with Crippen LogP contribution in [0.2, 0.25) is 78.6 Å². The van der Waals surface area contributed by atoms with Gasteiger partial charge in [0.2, 0.25) is 0 Å². The van der Waals surface area contributed by atoms with Crippen molar-refractivity contribution < 1.29 is 18.9 Å². The topological polar surface area (TPSA) is 36.9 Å². The molecule has 0 atom stereocenters. The van der Waals surface area contributed by atoms with E-state index >= 15 is 0 Å². The van der Waals surface area contributed by atoms with Gasteiger partial charge in [-0.15, -0.1) is 11.1 Å². The Morgan fingerprint density at radius 1 is 0.475 bits per heavy atom. The van der Waals surface area contributed by atoms with Gasteiger partial charge in [0.15, 0.2) is 0 Å². The first kappa shape index (κ1) is 34.8. The van der Waals surface area contributed by atoms with Crippen molar-refractivity contribution in [3.63, 3.8) is 0 Å². The summed E-state index contributed by atoms with van der Waals surface area (Å²) >= 11 is 0. The van der Waals surface area contributed by atoms with Crippen LogP contribution in [-0.4, -0.2) is 58.7 Å². The van der Waals surface area contributed by atoms with Gasteiger partial charge in [0.05, 0.1) is 42.6 Å². The Morgan fingerprint density at radius 2 is 0.775 bits per heavy atom. The Kier molecular flexibility index (Phi) is 12.8. The van der Waals surface area contributed by atoms with Gasteiger partial charge in [0, 0.05) is 0 Å². The van der Waals surface area contributed by atoms with Crippen LogP contribution in [0.25, 0.3) is 0 Å². The Bertz CT molecular complexity index is 1120. The number of ether oxygens (including phenoxy) is 4. The van der Waals surface area contributed by atoms with Gasteiger partial charge < -0.3 is 18.9 Å². The molecule has 2 aliphatic heterocycles. The molecule has 3 rings (SSSR count). The third kappa shape index (κ3) is 11.5. The van der Waals surface area contributed by atoms with Crippen LogP contribution < -0.4 is 10.4 Å². The van der Waals surface area contributed by atoms with Crippen LogP contribution in [0.3, 0.4) is 0 Å². The lowest BCUT2D eigenvalue weighted by molar-refractivity contribution is 0.127. The molecule has 220 valence electrons. The van der Waals surface area contributed by atoms with Crippen molar-refractivity contribution in [1.29, 1.82) is 0 Å². The van der Waals surface area contributed by atoms with E-state index in [9.17, 15) is 0 Å². The van der Waals surface area contributed by atoms with Crippen LogP contribution in [0.5, 0.6) is 0 Å². The van der Waals surface area contributed by atoms with Crippen LogP contribution in [0.15, 0.2) is 0 Å². The lowest BCUT2D eigenvalue weighted by Gasteiger charge is -2.32. The molecule has 2 heterocycles. The predicted octanol–water partition coefficient (Wildman–Crippen LogP) is 5.62. The van der Waals surface area contributed by atoms with E-state index in [1.807, 2.05) is 0 Å². The number of hydrogen-bond acceptors (Lipinski definition) is 4. The largest absolute Gasteiger partial charge is 0.372 e. The molecule has 2 aliphatic rings. The second-order valence-electron chi connectivity index (χ2n) is 14.6. The van der Waals surface area contributed by atoms with Crippen molar-refractivity contribution in [2.45, 2.75) is 105 Å². The first-order valence-corrected chi connectivity index (χ1v) is 28.4. The SMILES string of the molecule is C[Si](C)(C)C#CCOCC#CCOCC#C[Si](C)(C)C.C[Si](C)(C)c1c2c(c3c(c1[Si](C)(C)C)COC3)COC2. The molecule has 0 saturated carbocycles. The second kappa shape index (κ2) is 14.7. The Morgan fingerprint density at radius 3 is 1.07 bits per heavy atom. The van der Waals surface area contributed by atoms with Crippen LogP contribution in [0, 0.1) is 34.8 Å². The molecule has 0 fully saturated rings. The van der Waals surface area contributed by atoms with Crippen LogP contribution >= 0.6 is 0 Å². The van der Waals surface area contributed by atoms with E-state index in [4.69, 9.17) is 18.9 Å². The van der Waals surface area contributed by atoms with Crippen molar-refractivity contribution in [3.8, 4) is 34.8 Å². The molecule has 40 heavy (non-hydrogen) atoms. The monoisotopic (exact) mass is 612 g/mol. The van der Waals surface area contributed by atoms with Crippen LogP contribution in [0.1, 0.15) is 22.3 Å². The maximum atomic E-state index is 5.83. The first-order valence-electron chi connectivity index (χ1n) is 14.4. The fourth-order valence-corrected chi connectivity index (χ4v) is 12.3. The lowest BCUT2D eigenvalue weighted by atomic mass is 9.99. The molecule has 0 N–H and O–H groups in total. The number of hydrogen-bond donors (Lipinski definition) is 0. The lowest BCUT2D eigenvalue weighted by Crippen LogP contribution is -2.59. The molecule has 1 aromatic carbocycles.